The molecule has 0 radical (unpaired) electrons. The second-order valence-corrected chi connectivity index (χ2v) is 6.52. The van der Waals surface area contributed by atoms with Crippen molar-refractivity contribution in [2.75, 3.05) is 0 Å². The molecule has 1 aliphatic heterocycles. The van der Waals surface area contributed by atoms with Crippen molar-refractivity contribution in [3.05, 3.63) is 75.3 Å². The monoisotopic (exact) mass is 367 g/mol. The largest absolute Gasteiger partial charge is 0.271 e. The number of hydrazine groups is 1. The van der Waals surface area contributed by atoms with Crippen LogP contribution in [0.1, 0.15) is 36.1 Å². The van der Waals surface area contributed by atoms with E-state index in [1.807, 2.05) is 31.2 Å². The zero-order valence-corrected chi connectivity index (χ0v) is 15.1. The summed E-state index contributed by atoms with van der Waals surface area (Å²) in [4.78, 5) is 22.6. The van der Waals surface area contributed by atoms with Gasteiger partial charge in [0.1, 0.15) is 6.04 Å². The van der Waals surface area contributed by atoms with Gasteiger partial charge >= 0.3 is 0 Å². The van der Waals surface area contributed by atoms with Gasteiger partial charge in [0.15, 0.2) is 0 Å². The van der Waals surface area contributed by atoms with Gasteiger partial charge in [-0.3, -0.25) is 14.9 Å². The number of carbonyl (C=O) groups excluding carboxylic acids is 1. The van der Waals surface area contributed by atoms with E-state index in [4.69, 9.17) is 0 Å². The van der Waals surface area contributed by atoms with Gasteiger partial charge in [-0.25, -0.2) is 16.3 Å². The van der Waals surface area contributed by atoms with Gasteiger partial charge < -0.3 is 0 Å². The Kier molecular flexibility index (Phi) is 5.58. The van der Waals surface area contributed by atoms with Crippen molar-refractivity contribution in [1.82, 2.24) is 16.3 Å². The average Bonchev–Trinajstić information content (AvgIpc) is 3.16. The number of nitro groups is 1. The molecule has 8 heteroatoms. The lowest BCUT2D eigenvalue weighted by Gasteiger charge is -2.09. The predicted octanol–water partition coefficient (Wildman–Crippen LogP) is 2.35. The lowest BCUT2D eigenvalue weighted by atomic mass is 10.0. The number of nitrogens with zero attached hydrogens (tertiary/aromatic N) is 2. The molecule has 2 aromatic rings. The molecule has 3 N–H and O–H groups in total. The molecule has 2 aromatic carbocycles. The molecule has 0 aliphatic carbocycles. The first-order chi connectivity index (χ1) is 12.9. The van der Waals surface area contributed by atoms with Gasteiger partial charge in [-0.2, -0.15) is 5.10 Å². The lowest BCUT2D eigenvalue weighted by molar-refractivity contribution is -0.384. The van der Waals surface area contributed by atoms with Crippen molar-refractivity contribution in [1.29, 1.82) is 0 Å². The van der Waals surface area contributed by atoms with Crippen LogP contribution in [0.4, 0.5) is 5.69 Å². The Hall–Kier alpha value is -3.10. The van der Waals surface area contributed by atoms with Crippen LogP contribution in [-0.2, 0) is 4.79 Å². The van der Waals surface area contributed by atoms with Gasteiger partial charge in [-0.05, 0) is 43.5 Å². The number of carbonyl (C=O) groups is 1. The second-order valence-electron chi connectivity index (χ2n) is 6.52. The van der Waals surface area contributed by atoms with Crippen molar-refractivity contribution in [3.63, 3.8) is 0 Å². The van der Waals surface area contributed by atoms with E-state index in [2.05, 4.69) is 21.4 Å². The molecule has 0 bridgehead atoms. The highest BCUT2D eigenvalue weighted by Crippen LogP contribution is 2.22. The first-order valence-corrected chi connectivity index (χ1v) is 8.60. The van der Waals surface area contributed by atoms with Crippen molar-refractivity contribution in [3.8, 4) is 0 Å². The van der Waals surface area contributed by atoms with Crippen LogP contribution in [0.3, 0.4) is 0 Å². The molecule has 1 aliphatic rings. The van der Waals surface area contributed by atoms with Crippen molar-refractivity contribution in [2.24, 2.45) is 5.10 Å². The Morgan fingerprint density at radius 2 is 1.81 bits per heavy atom. The molecule has 1 saturated heterocycles. The molecular formula is C19H21N5O3. The van der Waals surface area contributed by atoms with Gasteiger partial charge in [0.2, 0.25) is 0 Å². The summed E-state index contributed by atoms with van der Waals surface area (Å²) >= 11 is 0. The molecule has 1 fully saturated rings. The summed E-state index contributed by atoms with van der Waals surface area (Å²) in [5, 5.41) is 14.8. The van der Waals surface area contributed by atoms with E-state index in [1.54, 1.807) is 19.1 Å². The van der Waals surface area contributed by atoms with E-state index in [-0.39, 0.29) is 17.6 Å². The zero-order chi connectivity index (χ0) is 19.4. The highest BCUT2D eigenvalue weighted by atomic mass is 16.6. The van der Waals surface area contributed by atoms with Gasteiger partial charge in [0.05, 0.1) is 10.6 Å². The number of hydrogen-bond donors (Lipinski definition) is 3. The molecule has 2 unspecified atom stereocenters. The number of non-ortho nitro benzene ring substituents is 1. The van der Waals surface area contributed by atoms with E-state index >= 15 is 0 Å². The maximum atomic E-state index is 12.3. The number of hydrazone groups is 1. The van der Waals surface area contributed by atoms with E-state index in [1.165, 1.54) is 17.7 Å². The second kappa shape index (κ2) is 8.07. The number of rotatable bonds is 5. The predicted molar refractivity (Wildman–Crippen MR) is 102 cm³/mol. The number of benzene rings is 2. The normalized spacial score (nSPS) is 19.7. The van der Waals surface area contributed by atoms with Crippen LogP contribution in [0.2, 0.25) is 0 Å². The van der Waals surface area contributed by atoms with Crippen LogP contribution in [0, 0.1) is 17.0 Å². The molecule has 27 heavy (non-hydrogen) atoms. The van der Waals surface area contributed by atoms with Crippen LogP contribution >= 0.6 is 0 Å². The number of nitrogens with one attached hydrogen (secondary N) is 3. The third-order valence-electron chi connectivity index (χ3n) is 4.53. The van der Waals surface area contributed by atoms with Gasteiger partial charge in [0, 0.05) is 18.2 Å². The number of hydrogen-bond acceptors (Lipinski definition) is 6. The van der Waals surface area contributed by atoms with Crippen LogP contribution in [-0.4, -0.2) is 22.6 Å². The molecule has 0 spiro atoms. The molecule has 0 aromatic heterocycles. The third-order valence-corrected chi connectivity index (χ3v) is 4.53. The van der Waals surface area contributed by atoms with Crippen molar-refractivity contribution in [2.45, 2.75) is 32.4 Å². The van der Waals surface area contributed by atoms with Gasteiger partial charge in [-0.1, -0.05) is 29.8 Å². The lowest BCUT2D eigenvalue weighted by Crippen LogP contribution is -2.41. The highest BCUT2D eigenvalue weighted by Gasteiger charge is 2.30. The third kappa shape index (κ3) is 4.55. The summed E-state index contributed by atoms with van der Waals surface area (Å²) in [5.74, 6) is -0.238. The minimum absolute atomic E-state index is 0.0129. The summed E-state index contributed by atoms with van der Waals surface area (Å²) in [6.45, 7) is 3.77. The Balaban J connectivity index is 1.58. The number of nitro benzene ring substituents is 1. The van der Waals surface area contributed by atoms with Crippen LogP contribution in [0.15, 0.2) is 53.6 Å². The summed E-state index contributed by atoms with van der Waals surface area (Å²) in [6, 6.07) is 13.9. The molecule has 2 atom stereocenters. The Labute approximate surface area is 156 Å². The fraction of sp³-hybridized carbons (Fsp3) is 0.263. The van der Waals surface area contributed by atoms with E-state index in [0.717, 1.165) is 5.56 Å². The quantitative estimate of drug-likeness (QED) is 0.427. The SMILES string of the molecule is C/C(=N/NC(=O)C1CC(c2ccc(C)cc2)NN1)c1ccc([N+](=O)[O-])cc1. The molecule has 1 heterocycles. The van der Waals surface area contributed by atoms with Crippen molar-refractivity contribution < 1.29 is 9.72 Å². The van der Waals surface area contributed by atoms with Gasteiger partial charge in [0.25, 0.3) is 11.6 Å². The Morgan fingerprint density at radius 1 is 1.15 bits per heavy atom. The van der Waals surface area contributed by atoms with Crippen LogP contribution in [0.5, 0.6) is 0 Å². The summed E-state index contributed by atoms with van der Waals surface area (Å²) in [7, 11) is 0. The first-order valence-electron chi connectivity index (χ1n) is 8.60. The molecule has 140 valence electrons. The fourth-order valence-corrected chi connectivity index (χ4v) is 2.85. The minimum atomic E-state index is -0.457. The topological polar surface area (TPSA) is 109 Å². The Morgan fingerprint density at radius 3 is 2.44 bits per heavy atom. The number of amides is 1. The van der Waals surface area contributed by atoms with E-state index < -0.39 is 11.0 Å². The fourth-order valence-electron chi connectivity index (χ4n) is 2.85. The minimum Gasteiger partial charge on any atom is -0.271 e. The van der Waals surface area contributed by atoms with Crippen LogP contribution < -0.4 is 16.3 Å². The highest BCUT2D eigenvalue weighted by molar-refractivity contribution is 5.99. The molecule has 3 rings (SSSR count). The standard InChI is InChI=1S/C19H21N5O3/c1-12-3-5-15(6-4-12)17-11-18(22-21-17)19(25)23-20-13(2)14-7-9-16(10-8-14)24(26)27/h3-10,17-18,21-22H,11H2,1-2H3,(H,23,25)/b20-13-. The average molecular weight is 367 g/mol. The molecule has 8 nitrogen and oxygen atoms in total. The van der Waals surface area contributed by atoms with E-state index in [9.17, 15) is 14.9 Å². The summed E-state index contributed by atoms with van der Waals surface area (Å²) in [6.07, 6.45) is 0.612. The maximum absolute atomic E-state index is 12.3. The van der Waals surface area contributed by atoms with E-state index in [0.29, 0.717) is 17.7 Å². The maximum Gasteiger partial charge on any atom is 0.269 e. The summed E-state index contributed by atoms with van der Waals surface area (Å²) in [5.41, 5.74) is 12.3. The van der Waals surface area contributed by atoms with Crippen molar-refractivity contribution >= 4 is 17.3 Å². The molecule has 0 saturated carbocycles. The molecular weight excluding hydrogens is 346 g/mol. The van der Waals surface area contributed by atoms with Crippen LogP contribution in [0.25, 0.3) is 0 Å². The smallest absolute Gasteiger partial charge is 0.269 e. The van der Waals surface area contributed by atoms with Gasteiger partial charge in [-0.15, -0.1) is 0 Å². The summed E-state index contributed by atoms with van der Waals surface area (Å²) < 4.78 is 0. The molecule has 1 amide bonds. The Bertz CT molecular complexity index is 862. The number of aryl methyl sites for hydroxylation is 1. The first kappa shape index (κ1) is 18.7. The zero-order valence-electron chi connectivity index (χ0n) is 15.1.